The first-order valence-electron chi connectivity index (χ1n) is 10.7. The zero-order chi connectivity index (χ0) is 23.0. The molecule has 0 spiro atoms. The number of sulfonamides is 1. The van der Waals surface area contributed by atoms with Crippen LogP contribution in [0.3, 0.4) is 0 Å². The maximum atomic E-state index is 12.3. The van der Waals surface area contributed by atoms with Crippen LogP contribution >= 0.6 is 11.6 Å². The van der Waals surface area contributed by atoms with Crippen LogP contribution in [0.2, 0.25) is 5.02 Å². The van der Waals surface area contributed by atoms with E-state index in [-0.39, 0.29) is 18.9 Å². The van der Waals surface area contributed by atoms with Gasteiger partial charge in [0, 0.05) is 44.2 Å². The molecule has 0 atom stereocenters. The molecule has 1 aliphatic heterocycles. The summed E-state index contributed by atoms with van der Waals surface area (Å²) >= 11 is 5.99. The lowest BCUT2D eigenvalue weighted by Gasteiger charge is -2.26. The number of carbonyl (C=O) groups is 1. The molecule has 32 heavy (non-hydrogen) atoms. The highest BCUT2D eigenvalue weighted by atomic mass is 35.5. The quantitative estimate of drug-likeness (QED) is 0.566. The van der Waals surface area contributed by atoms with Crippen LogP contribution in [0.15, 0.2) is 48.5 Å². The Labute approximate surface area is 195 Å². The Morgan fingerprint density at radius 2 is 1.84 bits per heavy atom. The third-order valence-corrected chi connectivity index (χ3v) is 6.68. The fraction of sp³-hybridized carbons (Fsp3) is 0.435. The summed E-state index contributed by atoms with van der Waals surface area (Å²) in [5.74, 6) is -0.108. The smallest absolute Gasteiger partial charge is 0.232 e. The summed E-state index contributed by atoms with van der Waals surface area (Å²) in [5.41, 5.74) is 2.75. The predicted octanol–water partition coefficient (Wildman–Crippen LogP) is 3.03. The van der Waals surface area contributed by atoms with Gasteiger partial charge in [-0.15, -0.1) is 0 Å². The third-order valence-electron chi connectivity index (χ3n) is 5.25. The Bertz CT molecular complexity index is 1010. The van der Waals surface area contributed by atoms with E-state index in [4.69, 9.17) is 16.3 Å². The topological polar surface area (TPSA) is 79.0 Å². The van der Waals surface area contributed by atoms with Gasteiger partial charge in [-0.05, 0) is 35.7 Å². The van der Waals surface area contributed by atoms with Gasteiger partial charge < -0.3 is 10.1 Å². The van der Waals surface area contributed by atoms with E-state index in [0.717, 1.165) is 44.7 Å². The van der Waals surface area contributed by atoms with Gasteiger partial charge in [0.1, 0.15) is 0 Å². The molecule has 174 valence electrons. The molecule has 0 radical (unpaired) electrons. The van der Waals surface area contributed by atoms with Crippen LogP contribution in [0.4, 0.5) is 5.69 Å². The van der Waals surface area contributed by atoms with Crippen molar-refractivity contribution in [3.8, 4) is 0 Å². The Morgan fingerprint density at radius 1 is 1.12 bits per heavy atom. The highest BCUT2D eigenvalue weighted by molar-refractivity contribution is 7.92. The van der Waals surface area contributed by atoms with E-state index < -0.39 is 10.0 Å². The van der Waals surface area contributed by atoms with Crippen LogP contribution in [0.25, 0.3) is 0 Å². The molecule has 2 aromatic rings. The second kappa shape index (κ2) is 11.7. The van der Waals surface area contributed by atoms with E-state index in [1.54, 1.807) is 24.3 Å². The average molecular weight is 480 g/mol. The minimum absolute atomic E-state index is 0.108. The third kappa shape index (κ3) is 7.78. The van der Waals surface area contributed by atoms with Crippen LogP contribution in [-0.4, -0.2) is 58.3 Å². The van der Waals surface area contributed by atoms with Gasteiger partial charge in [0.15, 0.2) is 0 Å². The van der Waals surface area contributed by atoms with E-state index in [1.807, 2.05) is 12.1 Å². The van der Waals surface area contributed by atoms with Crippen molar-refractivity contribution in [2.45, 2.75) is 25.9 Å². The zero-order valence-electron chi connectivity index (χ0n) is 18.3. The fourth-order valence-electron chi connectivity index (χ4n) is 3.65. The average Bonchev–Trinajstić information content (AvgIpc) is 2.75. The molecule has 0 saturated carbocycles. The molecule has 2 aromatic carbocycles. The Balaban J connectivity index is 1.47. The summed E-state index contributed by atoms with van der Waals surface area (Å²) < 4.78 is 31.0. The van der Waals surface area contributed by atoms with Crippen LogP contribution in [0.5, 0.6) is 0 Å². The van der Waals surface area contributed by atoms with E-state index in [9.17, 15) is 13.2 Å². The maximum Gasteiger partial charge on any atom is 0.232 e. The van der Waals surface area contributed by atoms with Crippen LogP contribution in [0, 0.1) is 0 Å². The number of anilines is 1. The molecule has 0 aliphatic carbocycles. The Kier molecular flexibility index (Phi) is 8.92. The summed E-state index contributed by atoms with van der Waals surface area (Å²) in [4.78, 5) is 14.7. The molecule has 1 fully saturated rings. The summed E-state index contributed by atoms with van der Waals surface area (Å²) in [5, 5.41) is 3.39. The van der Waals surface area contributed by atoms with Crippen molar-refractivity contribution in [2.75, 3.05) is 43.4 Å². The molecule has 7 nitrogen and oxygen atoms in total. The molecule has 0 unspecified atom stereocenters. The fourth-order valence-corrected chi connectivity index (χ4v) is 4.79. The van der Waals surface area contributed by atoms with E-state index in [0.29, 0.717) is 23.7 Å². The summed E-state index contributed by atoms with van der Waals surface area (Å²) in [7, 11) is -3.47. The summed E-state index contributed by atoms with van der Waals surface area (Å²) in [6, 6.07) is 14.9. The van der Waals surface area contributed by atoms with E-state index in [1.165, 1.54) is 9.87 Å². The van der Waals surface area contributed by atoms with Gasteiger partial charge in [0.2, 0.25) is 15.9 Å². The number of morpholine rings is 1. The first kappa shape index (κ1) is 24.5. The number of carbonyl (C=O) groups excluding carboxylic acids is 1. The molecule has 0 aromatic heterocycles. The van der Waals surface area contributed by atoms with E-state index >= 15 is 0 Å². The SMILES string of the molecule is CS(=O)(=O)N(CCCC(=O)NCc1cccc(CN2CCOCC2)c1)c1cccc(Cl)c1. The molecular formula is C23H30ClN3O4S. The lowest BCUT2D eigenvalue weighted by molar-refractivity contribution is -0.121. The van der Waals surface area contributed by atoms with Crippen molar-refractivity contribution in [1.82, 2.24) is 10.2 Å². The predicted molar refractivity (Wildman–Crippen MR) is 127 cm³/mol. The maximum absolute atomic E-state index is 12.3. The number of nitrogens with zero attached hydrogens (tertiary/aromatic N) is 2. The number of hydrogen-bond acceptors (Lipinski definition) is 5. The van der Waals surface area contributed by atoms with Crippen LogP contribution in [-0.2, 0) is 32.6 Å². The molecular weight excluding hydrogens is 450 g/mol. The number of hydrogen-bond donors (Lipinski definition) is 1. The van der Waals surface area contributed by atoms with E-state index in [2.05, 4.69) is 22.3 Å². The second-order valence-electron chi connectivity index (χ2n) is 7.90. The number of amides is 1. The van der Waals surface area contributed by atoms with Gasteiger partial charge in [-0.2, -0.15) is 0 Å². The number of ether oxygens (including phenoxy) is 1. The largest absolute Gasteiger partial charge is 0.379 e. The van der Waals surface area contributed by atoms with Gasteiger partial charge in [0.25, 0.3) is 0 Å². The minimum Gasteiger partial charge on any atom is -0.379 e. The summed E-state index contributed by atoms with van der Waals surface area (Å²) in [6.45, 7) is 4.92. The van der Waals surface area contributed by atoms with Crippen molar-refractivity contribution in [2.24, 2.45) is 0 Å². The molecule has 1 saturated heterocycles. The van der Waals surface area contributed by atoms with Crippen LogP contribution in [0.1, 0.15) is 24.0 Å². The van der Waals surface area contributed by atoms with Crippen molar-refractivity contribution in [1.29, 1.82) is 0 Å². The number of halogens is 1. The monoisotopic (exact) mass is 479 g/mol. The van der Waals surface area contributed by atoms with Gasteiger partial charge in [-0.25, -0.2) is 8.42 Å². The van der Waals surface area contributed by atoms with Gasteiger partial charge >= 0.3 is 0 Å². The van der Waals surface area contributed by atoms with Crippen LogP contribution < -0.4 is 9.62 Å². The standard InChI is InChI=1S/C23H30ClN3O4S/c1-32(29,30)27(22-8-3-7-21(24)16-22)10-4-9-23(28)25-17-19-5-2-6-20(15-19)18-26-11-13-31-14-12-26/h2-3,5-8,15-16H,4,9-14,17-18H2,1H3,(H,25,28). The normalized spacial score (nSPS) is 14.8. The first-order chi connectivity index (χ1) is 15.3. The first-order valence-corrected chi connectivity index (χ1v) is 12.9. The lowest BCUT2D eigenvalue weighted by Crippen LogP contribution is -2.35. The van der Waals surface area contributed by atoms with Gasteiger partial charge in [0.05, 0.1) is 25.2 Å². The molecule has 3 rings (SSSR count). The van der Waals surface area contributed by atoms with Crippen molar-refractivity contribution in [3.63, 3.8) is 0 Å². The molecule has 1 aliphatic rings. The summed E-state index contributed by atoms with van der Waals surface area (Å²) in [6.07, 6.45) is 1.79. The lowest BCUT2D eigenvalue weighted by atomic mass is 10.1. The van der Waals surface area contributed by atoms with Crippen molar-refractivity contribution >= 4 is 33.2 Å². The number of rotatable bonds is 10. The van der Waals surface area contributed by atoms with Gasteiger partial charge in [-0.1, -0.05) is 41.9 Å². The second-order valence-corrected chi connectivity index (χ2v) is 10.2. The van der Waals surface area contributed by atoms with Crippen molar-refractivity contribution in [3.05, 3.63) is 64.7 Å². The highest BCUT2D eigenvalue weighted by Gasteiger charge is 2.18. The molecule has 9 heteroatoms. The number of nitrogens with one attached hydrogen (secondary N) is 1. The molecule has 1 amide bonds. The Hall–Kier alpha value is -2.13. The van der Waals surface area contributed by atoms with Crippen molar-refractivity contribution < 1.29 is 17.9 Å². The zero-order valence-corrected chi connectivity index (χ0v) is 19.9. The molecule has 1 N–H and O–H groups in total. The highest BCUT2D eigenvalue weighted by Crippen LogP contribution is 2.22. The Morgan fingerprint density at radius 3 is 2.56 bits per heavy atom. The molecule has 1 heterocycles. The molecule has 0 bridgehead atoms. The number of benzene rings is 2. The van der Waals surface area contributed by atoms with Gasteiger partial charge in [-0.3, -0.25) is 14.0 Å². The minimum atomic E-state index is -3.47.